The van der Waals surface area contributed by atoms with Crippen molar-refractivity contribution >= 4 is 15.9 Å². The van der Waals surface area contributed by atoms with Gasteiger partial charge in [0.05, 0.1) is 7.11 Å². The second-order valence-electron chi connectivity index (χ2n) is 5.02. The molecule has 110 valence electrons. The minimum Gasteiger partial charge on any atom is -0.497 e. The van der Waals surface area contributed by atoms with Crippen LogP contribution >= 0.6 is 15.9 Å². The number of halogens is 1. The largest absolute Gasteiger partial charge is 0.497 e. The maximum absolute atomic E-state index is 6.17. The fourth-order valence-electron chi connectivity index (χ4n) is 2.66. The van der Waals surface area contributed by atoms with Crippen LogP contribution in [0.4, 0.5) is 0 Å². The van der Waals surface area contributed by atoms with Gasteiger partial charge < -0.3 is 14.8 Å². The number of pyridine rings is 1. The molecule has 0 fully saturated rings. The fraction of sp³-hybridized carbons (Fsp3) is 0.312. The van der Waals surface area contributed by atoms with E-state index >= 15 is 0 Å². The first-order valence-corrected chi connectivity index (χ1v) is 7.63. The molecule has 3 rings (SSSR count). The van der Waals surface area contributed by atoms with Crippen LogP contribution in [-0.2, 0) is 0 Å². The summed E-state index contributed by atoms with van der Waals surface area (Å²) in [5.41, 5.74) is 2.23. The van der Waals surface area contributed by atoms with Gasteiger partial charge in [0, 0.05) is 46.5 Å². The quantitative estimate of drug-likeness (QED) is 0.919. The van der Waals surface area contributed by atoms with Crippen molar-refractivity contribution in [1.82, 2.24) is 10.3 Å². The summed E-state index contributed by atoms with van der Waals surface area (Å²) in [6, 6.07) is 8.27. The fourth-order valence-corrected chi connectivity index (χ4v) is 3.04. The van der Waals surface area contributed by atoms with Crippen LogP contribution in [0.1, 0.15) is 29.7 Å². The molecule has 2 aromatic rings. The zero-order valence-corrected chi connectivity index (χ0v) is 13.6. The van der Waals surface area contributed by atoms with Crippen LogP contribution in [0.3, 0.4) is 0 Å². The summed E-state index contributed by atoms with van der Waals surface area (Å²) in [4.78, 5) is 4.23. The van der Waals surface area contributed by atoms with E-state index in [1.807, 2.05) is 25.4 Å². The Hall–Kier alpha value is -1.59. The Morgan fingerprint density at radius 3 is 2.90 bits per heavy atom. The SMILES string of the molecule is CNC1CC(c2cncc(Br)c2)Oc2cc(OC)ccc21. The molecule has 0 aliphatic carbocycles. The zero-order valence-electron chi connectivity index (χ0n) is 12.0. The molecule has 4 nitrogen and oxygen atoms in total. The van der Waals surface area contributed by atoms with Crippen molar-refractivity contribution in [2.24, 2.45) is 0 Å². The van der Waals surface area contributed by atoms with Crippen molar-refractivity contribution in [2.75, 3.05) is 14.2 Å². The molecule has 0 spiro atoms. The van der Waals surface area contributed by atoms with Gasteiger partial charge in [0.1, 0.15) is 17.6 Å². The Labute approximate surface area is 132 Å². The molecular formula is C16H17BrN2O2. The molecule has 0 saturated heterocycles. The molecule has 1 aliphatic rings. The third-order valence-corrected chi connectivity index (χ3v) is 4.20. The van der Waals surface area contributed by atoms with E-state index in [2.05, 4.69) is 38.4 Å². The second-order valence-corrected chi connectivity index (χ2v) is 5.94. The van der Waals surface area contributed by atoms with E-state index in [0.29, 0.717) is 0 Å². The summed E-state index contributed by atoms with van der Waals surface area (Å²) in [6.07, 6.45) is 4.48. The first-order valence-electron chi connectivity index (χ1n) is 6.83. The smallest absolute Gasteiger partial charge is 0.128 e. The van der Waals surface area contributed by atoms with Gasteiger partial charge in [-0.25, -0.2) is 0 Å². The van der Waals surface area contributed by atoms with Gasteiger partial charge in [-0.2, -0.15) is 0 Å². The number of ether oxygens (including phenoxy) is 2. The van der Waals surface area contributed by atoms with E-state index in [9.17, 15) is 0 Å². The molecule has 0 bridgehead atoms. The monoisotopic (exact) mass is 348 g/mol. The summed E-state index contributed by atoms with van der Waals surface area (Å²) in [5, 5.41) is 3.36. The van der Waals surface area contributed by atoms with Crippen molar-refractivity contribution in [1.29, 1.82) is 0 Å². The molecule has 2 unspecified atom stereocenters. The number of rotatable bonds is 3. The lowest BCUT2D eigenvalue weighted by atomic mass is 9.93. The molecule has 2 atom stereocenters. The highest BCUT2D eigenvalue weighted by Crippen LogP contribution is 2.42. The summed E-state index contributed by atoms with van der Waals surface area (Å²) >= 11 is 3.46. The highest BCUT2D eigenvalue weighted by atomic mass is 79.9. The lowest BCUT2D eigenvalue weighted by Crippen LogP contribution is -2.26. The number of fused-ring (bicyclic) bond motifs is 1. The van der Waals surface area contributed by atoms with Crippen LogP contribution in [0, 0.1) is 0 Å². The van der Waals surface area contributed by atoms with Crippen LogP contribution in [0.5, 0.6) is 11.5 Å². The first-order chi connectivity index (χ1) is 10.2. The Morgan fingerprint density at radius 1 is 1.33 bits per heavy atom. The van der Waals surface area contributed by atoms with E-state index in [4.69, 9.17) is 9.47 Å². The summed E-state index contributed by atoms with van der Waals surface area (Å²) in [5.74, 6) is 1.67. The van der Waals surface area contributed by atoms with Crippen LogP contribution in [0.15, 0.2) is 41.1 Å². The summed E-state index contributed by atoms with van der Waals surface area (Å²) in [7, 11) is 3.63. The Bertz CT molecular complexity index is 648. The van der Waals surface area contributed by atoms with Gasteiger partial charge in [0.15, 0.2) is 0 Å². The van der Waals surface area contributed by atoms with Gasteiger partial charge in [-0.15, -0.1) is 0 Å². The Kier molecular flexibility index (Phi) is 4.12. The number of hydrogen-bond acceptors (Lipinski definition) is 4. The molecule has 21 heavy (non-hydrogen) atoms. The third kappa shape index (κ3) is 2.89. The maximum Gasteiger partial charge on any atom is 0.128 e. The number of methoxy groups -OCH3 is 1. The predicted molar refractivity (Wildman–Crippen MR) is 84.7 cm³/mol. The van der Waals surface area contributed by atoms with Crippen molar-refractivity contribution in [2.45, 2.75) is 18.6 Å². The van der Waals surface area contributed by atoms with Crippen molar-refractivity contribution in [3.05, 3.63) is 52.3 Å². The minimum atomic E-state index is -0.0212. The molecule has 1 N–H and O–H groups in total. The van der Waals surface area contributed by atoms with Crippen LogP contribution < -0.4 is 14.8 Å². The highest BCUT2D eigenvalue weighted by molar-refractivity contribution is 9.10. The Morgan fingerprint density at radius 2 is 2.19 bits per heavy atom. The molecule has 1 aromatic carbocycles. The zero-order chi connectivity index (χ0) is 14.8. The predicted octanol–water partition coefficient (Wildman–Crippen LogP) is 3.64. The lowest BCUT2D eigenvalue weighted by molar-refractivity contribution is 0.153. The normalized spacial score (nSPS) is 20.5. The Balaban J connectivity index is 1.97. The van der Waals surface area contributed by atoms with Gasteiger partial charge in [-0.05, 0) is 35.1 Å². The number of hydrogen-bond donors (Lipinski definition) is 1. The molecular weight excluding hydrogens is 332 g/mol. The summed E-state index contributed by atoms with van der Waals surface area (Å²) < 4.78 is 12.4. The number of aromatic nitrogens is 1. The minimum absolute atomic E-state index is 0.0212. The van der Waals surface area contributed by atoms with Gasteiger partial charge in [0.25, 0.3) is 0 Å². The number of nitrogens with one attached hydrogen (secondary N) is 1. The molecule has 0 saturated carbocycles. The van der Waals surface area contributed by atoms with E-state index in [0.717, 1.165) is 33.5 Å². The topological polar surface area (TPSA) is 43.4 Å². The van der Waals surface area contributed by atoms with E-state index in [-0.39, 0.29) is 12.1 Å². The van der Waals surface area contributed by atoms with E-state index in [1.54, 1.807) is 13.3 Å². The van der Waals surface area contributed by atoms with Crippen molar-refractivity contribution < 1.29 is 9.47 Å². The standard InChI is InChI=1S/C16H17BrN2O2/c1-18-14-7-15(10-5-11(17)9-19-8-10)21-16-6-12(20-2)3-4-13(14)16/h3-6,8-9,14-15,18H,7H2,1-2H3. The highest BCUT2D eigenvalue weighted by Gasteiger charge is 2.29. The second kappa shape index (κ2) is 6.03. The molecule has 1 aromatic heterocycles. The molecule has 2 heterocycles. The maximum atomic E-state index is 6.17. The number of benzene rings is 1. The average Bonchev–Trinajstić information content (AvgIpc) is 2.53. The van der Waals surface area contributed by atoms with Crippen LogP contribution in [0.2, 0.25) is 0 Å². The molecule has 5 heteroatoms. The summed E-state index contributed by atoms with van der Waals surface area (Å²) in [6.45, 7) is 0. The van der Waals surface area contributed by atoms with Gasteiger partial charge in [-0.1, -0.05) is 6.07 Å². The molecule has 1 aliphatic heterocycles. The van der Waals surface area contributed by atoms with Crippen LogP contribution in [0.25, 0.3) is 0 Å². The first kappa shape index (κ1) is 14.4. The van der Waals surface area contributed by atoms with Crippen molar-refractivity contribution in [3.63, 3.8) is 0 Å². The van der Waals surface area contributed by atoms with Gasteiger partial charge >= 0.3 is 0 Å². The molecule has 0 amide bonds. The molecule has 0 radical (unpaired) electrons. The number of nitrogens with zero attached hydrogens (tertiary/aromatic N) is 1. The average molecular weight is 349 g/mol. The lowest BCUT2D eigenvalue weighted by Gasteiger charge is -2.32. The van der Waals surface area contributed by atoms with Crippen LogP contribution in [-0.4, -0.2) is 19.1 Å². The van der Waals surface area contributed by atoms with Gasteiger partial charge in [-0.3, -0.25) is 4.98 Å². The van der Waals surface area contributed by atoms with E-state index < -0.39 is 0 Å². The third-order valence-electron chi connectivity index (χ3n) is 3.76. The van der Waals surface area contributed by atoms with Crippen molar-refractivity contribution in [3.8, 4) is 11.5 Å². The van der Waals surface area contributed by atoms with Gasteiger partial charge in [0.2, 0.25) is 0 Å². The van der Waals surface area contributed by atoms with E-state index in [1.165, 1.54) is 0 Å².